The van der Waals surface area contributed by atoms with E-state index in [1.807, 2.05) is 39.8 Å². The maximum absolute atomic E-state index is 12.8. The number of carbonyl (C=O) groups is 2. The molecule has 0 radical (unpaired) electrons. The molecule has 114 valence electrons. The molecule has 1 saturated heterocycles. The van der Waals surface area contributed by atoms with Gasteiger partial charge in [0.15, 0.2) is 0 Å². The molecule has 2 atom stereocenters. The lowest BCUT2D eigenvalue weighted by atomic mass is 9.94. The van der Waals surface area contributed by atoms with E-state index in [1.165, 1.54) is 0 Å². The van der Waals surface area contributed by atoms with Crippen LogP contribution in [0.15, 0.2) is 18.2 Å². The number of para-hydroxylation sites is 1. The summed E-state index contributed by atoms with van der Waals surface area (Å²) < 4.78 is 0. The standard InChI is InChI=1S/C16H21ClN2O2/c1-5-12-16(21)19(13(9(2)3)15(20)18-12)14-10(4)7-6-8-11(14)17/h6-9,12-13H,5H2,1-4H3,(H,18,20). The van der Waals surface area contributed by atoms with Crippen LogP contribution in [0.25, 0.3) is 0 Å². The first-order valence-corrected chi connectivity index (χ1v) is 7.64. The SMILES string of the molecule is CCC1NC(=O)C(C(C)C)N(c2c(C)cccc2Cl)C1=O. The zero-order valence-electron chi connectivity index (χ0n) is 12.8. The Morgan fingerprint density at radius 1 is 1.33 bits per heavy atom. The van der Waals surface area contributed by atoms with E-state index in [1.54, 1.807) is 11.0 Å². The number of nitrogens with one attached hydrogen (secondary N) is 1. The number of amides is 2. The second-order valence-electron chi connectivity index (χ2n) is 5.77. The van der Waals surface area contributed by atoms with Crippen LogP contribution in [0.4, 0.5) is 5.69 Å². The molecule has 4 nitrogen and oxygen atoms in total. The van der Waals surface area contributed by atoms with Gasteiger partial charge in [-0.15, -0.1) is 0 Å². The van der Waals surface area contributed by atoms with Crippen molar-refractivity contribution in [1.29, 1.82) is 0 Å². The third-order valence-corrected chi connectivity index (χ3v) is 4.17. The molecule has 1 aliphatic rings. The highest BCUT2D eigenvalue weighted by Crippen LogP contribution is 2.34. The highest BCUT2D eigenvalue weighted by molar-refractivity contribution is 6.34. The van der Waals surface area contributed by atoms with Crippen molar-refractivity contribution < 1.29 is 9.59 Å². The van der Waals surface area contributed by atoms with Gasteiger partial charge in [0.2, 0.25) is 11.8 Å². The first-order valence-electron chi connectivity index (χ1n) is 7.27. The van der Waals surface area contributed by atoms with Crippen molar-refractivity contribution in [2.24, 2.45) is 5.92 Å². The maximum atomic E-state index is 12.8. The lowest BCUT2D eigenvalue weighted by molar-refractivity contribution is -0.134. The lowest BCUT2D eigenvalue weighted by Gasteiger charge is -2.41. The van der Waals surface area contributed by atoms with Crippen LogP contribution in [-0.4, -0.2) is 23.9 Å². The normalized spacial score (nSPS) is 22.7. The number of aryl methyl sites for hydroxylation is 1. The van der Waals surface area contributed by atoms with Crippen LogP contribution in [0, 0.1) is 12.8 Å². The predicted molar refractivity (Wildman–Crippen MR) is 84.5 cm³/mol. The molecule has 0 saturated carbocycles. The molecular formula is C16H21ClN2O2. The van der Waals surface area contributed by atoms with Crippen LogP contribution in [0.5, 0.6) is 0 Å². The molecule has 1 heterocycles. The van der Waals surface area contributed by atoms with Crippen LogP contribution in [0.2, 0.25) is 5.02 Å². The molecular weight excluding hydrogens is 288 g/mol. The molecule has 5 heteroatoms. The van der Waals surface area contributed by atoms with E-state index < -0.39 is 12.1 Å². The fraction of sp³-hybridized carbons (Fsp3) is 0.500. The van der Waals surface area contributed by atoms with Gasteiger partial charge in [0.1, 0.15) is 12.1 Å². The third kappa shape index (κ3) is 2.77. The van der Waals surface area contributed by atoms with E-state index in [2.05, 4.69) is 5.32 Å². The lowest BCUT2D eigenvalue weighted by Crippen LogP contribution is -2.65. The van der Waals surface area contributed by atoms with Crippen molar-refractivity contribution in [2.45, 2.75) is 46.2 Å². The van der Waals surface area contributed by atoms with Gasteiger partial charge in [-0.05, 0) is 30.9 Å². The van der Waals surface area contributed by atoms with Gasteiger partial charge >= 0.3 is 0 Å². The number of carbonyl (C=O) groups excluding carboxylic acids is 2. The smallest absolute Gasteiger partial charge is 0.250 e. The van der Waals surface area contributed by atoms with E-state index in [-0.39, 0.29) is 17.7 Å². The summed E-state index contributed by atoms with van der Waals surface area (Å²) in [5, 5.41) is 3.31. The third-order valence-electron chi connectivity index (χ3n) is 3.87. The van der Waals surface area contributed by atoms with E-state index >= 15 is 0 Å². The van der Waals surface area contributed by atoms with Crippen LogP contribution >= 0.6 is 11.6 Å². The highest BCUT2D eigenvalue weighted by Gasteiger charge is 2.43. The molecule has 21 heavy (non-hydrogen) atoms. The molecule has 1 aromatic rings. The minimum Gasteiger partial charge on any atom is -0.342 e. The highest BCUT2D eigenvalue weighted by atomic mass is 35.5. The first-order chi connectivity index (χ1) is 9.88. The van der Waals surface area contributed by atoms with Crippen LogP contribution < -0.4 is 10.2 Å². The Balaban J connectivity index is 2.58. The van der Waals surface area contributed by atoms with E-state index in [4.69, 9.17) is 11.6 Å². The minimum absolute atomic E-state index is 0.00225. The Morgan fingerprint density at radius 3 is 2.52 bits per heavy atom. The monoisotopic (exact) mass is 308 g/mol. The van der Waals surface area contributed by atoms with Gasteiger partial charge in [-0.2, -0.15) is 0 Å². The molecule has 0 aliphatic carbocycles. The van der Waals surface area contributed by atoms with Gasteiger partial charge in [0, 0.05) is 0 Å². The average molecular weight is 309 g/mol. The second-order valence-corrected chi connectivity index (χ2v) is 6.18. The molecule has 2 amide bonds. The summed E-state index contributed by atoms with van der Waals surface area (Å²) in [6.07, 6.45) is 0.565. The van der Waals surface area contributed by atoms with Crippen LogP contribution in [-0.2, 0) is 9.59 Å². The maximum Gasteiger partial charge on any atom is 0.250 e. The first kappa shape index (κ1) is 15.8. The van der Waals surface area contributed by atoms with Crippen LogP contribution in [0.1, 0.15) is 32.8 Å². The summed E-state index contributed by atoms with van der Waals surface area (Å²) in [4.78, 5) is 26.8. The number of hydrogen-bond donors (Lipinski definition) is 1. The Bertz CT molecular complexity index is 551. The summed E-state index contributed by atoms with van der Waals surface area (Å²) in [6, 6.07) is 4.49. The zero-order chi connectivity index (χ0) is 15.7. The van der Waals surface area contributed by atoms with Gasteiger partial charge < -0.3 is 5.32 Å². The number of halogens is 1. The molecule has 1 N–H and O–H groups in total. The van der Waals surface area contributed by atoms with Crippen molar-refractivity contribution in [3.05, 3.63) is 28.8 Å². The van der Waals surface area contributed by atoms with Crippen molar-refractivity contribution in [3.63, 3.8) is 0 Å². The van der Waals surface area contributed by atoms with Crippen molar-refractivity contribution >= 4 is 29.1 Å². The molecule has 0 bridgehead atoms. The number of benzene rings is 1. The predicted octanol–water partition coefficient (Wildman–Crippen LogP) is 2.91. The Kier molecular flexibility index (Phi) is 4.57. The zero-order valence-corrected chi connectivity index (χ0v) is 13.6. The molecule has 1 aliphatic heterocycles. The molecule has 1 aromatic carbocycles. The van der Waals surface area contributed by atoms with Gasteiger partial charge in [0.05, 0.1) is 10.7 Å². The van der Waals surface area contributed by atoms with Crippen LogP contribution in [0.3, 0.4) is 0 Å². The van der Waals surface area contributed by atoms with Gasteiger partial charge in [-0.1, -0.05) is 44.5 Å². The van der Waals surface area contributed by atoms with Crippen molar-refractivity contribution in [1.82, 2.24) is 5.32 Å². The molecule has 0 spiro atoms. The molecule has 0 aromatic heterocycles. The number of hydrogen-bond acceptors (Lipinski definition) is 2. The quantitative estimate of drug-likeness (QED) is 0.933. The Morgan fingerprint density at radius 2 is 2.00 bits per heavy atom. The average Bonchev–Trinajstić information content (AvgIpc) is 2.41. The Hall–Kier alpha value is -1.55. The number of nitrogens with zero attached hydrogens (tertiary/aromatic N) is 1. The van der Waals surface area contributed by atoms with Gasteiger partial charge in [0.25, 0.3) is 0 Å². The van der Waals surface area contributed by atoms with Crippen molar-refractivity contribution in [2.75, 3.05) is 4.90 Å². The molecule has 2 rings (SSSR count). The van der Waals surface area contributed by atoms with E-state index in [0.717, 1.165) is 5.56 Å². The summed E-state index contributed by atoms with van der Waals surface area (Å²) in [5.41, 5.74) is 1.54. The summed E-state index contributed by atoms with van der Waals surface area (Å²) in [7, 11) is 0. The largest absolute Gasteiger partial charge is 0.342 e. The fourth-order valence-corrected chi connectivity index (χ4v) is 3.11. The van der Waals surface area contributed by atoms with Gasteiger partial charge in [-0.25, -0.2) is 0 Å². The fourth-order valence-electron chi connectivity index (χ4n) is 2.80. The number of rotatable bonds is 3. The minimum atomic E-state index is -0.529. The van der Waals surface area contributed by atoms with E-state index in [9.17, 15) is 9.59 Å². The second kappa shape index (κ2) is 6.06. The van der Waals surface area contributed by atoms with Crippen molar-refractivity contribution in [3.8, 4) is 0 Å². The summed E-state index contributed by atoms with van der Waals surface area (Å²) in [6.45, 7) is 7.65. The summed E-state index contributed by atoms with van der Waals surface area (Å²) >= 11 is 6.31. The Labute approximate surface area is 130 Å². The number of piperazine rings is 1. The topological polar surface area (TPSA) is 49.4 Å². The number of anilines is 1. The van der Waals surface area contributed by atoms with Gasteiger partial charge in [-0.3, -0.25) is 14.5 Å². The summed E-state index contributed by atoms with van der Waals surface area (Å²) in [5.74, 6) is -0.204. The molecule has 2 unspecified atom stereocenters. The molecule has 1 fully saturated rings. The van der Waals surface area contributed by atoms with E-state index in [0.29, 0.717) is 17.1 Å².